The van der Waals surface area contributed by atoms with Gasteiger partial charge in [-0.05, 0) is 37.0 Å². The van der Waals surface area contributed by atoms with Crippen LogP contribution in [0, 0.1) is 11.3 Å². The third-order valence-corrected chi connectivity index (χ3v) is 4.82. The summed E-state index contributed by atoms with van der Waals surface area (Å²) in [7, 11) is 0. The topological polar surface area (TPSA) is 32.3 Å². The van der Waals surface area contributed by atoms with Gasteiger partial charge in [0, 0.05) is 18.7 Å². The fourth-order valence-corrected chi connectivity index (χ4v) is 3.54. The second-order valence-electron chi connectivity index (χ2n) is 6.43. The van der Waals surface area contributed by atoms with Gasteiger partial charge in [0.15, 0.2) is 0 Å². The number of hydrogen-bond acceptors (Lipinski definition) is 2. The zero-order chi connectivity index (χ0) is 11.6. The van der Waals surface area contributed by atoms with E-state index in [0.29, 0.717) is 30.0 Å². The van der Waals surface area contributed by atoms with Crippen LogP contribution in [-0.4, -0.2) is 23.8 Å². The fourth-order valence-electron chi connectivity index (χ4n) is 3.54. The minimum Gasteiger partial charge on any atom is -0.396 e. The van der Waals surface area contributed by atoms with Gasteiger partial charge in [0.2, 0.25) is 0 Å². The number of hydrogen-bond donors (Lipinski definition) is 2. The van der Waals surface area contributed by atoms with Gasteiger partial charge in [-0.2, -0.15) is 0 Å². The van der Waals surface area contributed by atoms with Gasteiger partial charge in [0.25, 0.3) is 0 Å². The first-order valence-corrected chi connectivity index (χ1v) is 7.00. The lowest BCUT2D eigenvalue weighted by Crippen LogP contribution is -2.50. The van der Waals surface area contributed by atoms with Crippen molar-refractivity contribution >= 4 is 0 Å². The van der Waals surface area contributed by atoms with Crippen molar-refractivity contribution in [2.75, 3.05) is 6.61 Å². The molecule has 16 heavy (non-hydrogen) atoms. The van der Waals surface area contributed by atoms with E-state index in [-0.39, 0.29) is 0 Å². The molecule has 2 aliphatic carbocycles. The minimum atomic E-state index is 0.366. The average Bonchev–Trinajstić information content (AvgIpc) is 2.68. The van der Waals surface area contributed by atoms with Crippen molar-refractivity contribution in [2.45, 2.75) is 70.9 Å². The first kappa shape index (κ1) is 12.4. The van der Waals surface area contributed by atoms with Crippen LogP contribution in [0.5, 0.6) is 0 Å². The highest BCUT2D eigenvalue weighted by Crippen LogP contribution is 2.37. The van der Waals surface area contributed by atoms with E-state index < -0.39 is 0 Å². The zero-order valence-electron chi connectivity index (χ0n) is 10.8. The Labute approximate surface area is 99.8 Å². The summed E-state index contributed by atoms with van der Waals surface area (Å²) in [5, 5.41) is 13.2. The SMILES string of the molecule is CC1(C)CCCCC1NC1CCCC1CO. The van der Waals surface area contributed by atoms with Crippen LogP contribution in [0.2, 0.25) is 0 Å². The molecule has 94 valence electrons. The van der Waals surface area contributed by atoms with E-state index in [1.54, 1.807) is 0 Å². The summed E-state index contributed by atoms with van der Waals surface area (Å²) >= 11 is 0. The lowest BCUT2D eigenvalue weighted by atomic mass is 9.73. The molecule has 2 rings (SSSR count). The monoisotopic (exact) mass is 225 g/mol. The lowest BCUT2D eigenvalue weighted by molar-refractivity contribution is 0.131. The van der Waals surface area contributed by atoms with E-state index in [1.165, 1.54) is 44.9 Å². The van der Waals surface area contributed by atoms with E-state index in [2.05, 4.69) is 19.2 Å². The molecular weight excluding hydrogens is 198 g/mol. The Morgan fingerprint density at radius 2 is 1.94 bits per heavy atom. The molecule has 0 aliphatic heterocycles. The second-order valence-corrected chi connectivity index (χ2v) is 6.43. The minimum absolute atomic E-state index is 0.366. The third-order valence-electron chi connectivity index (χ3n) is 4.82. The Kier molecular flexibility index (Phi) is 3.91. The highest BCUT2D eigenvalue weighted by atomic mass is 16.3. The van der Waals surface area contributed by atoms with Gasteiger partial charge < -0.3 is 10.4 Å². The first-order valence-electron chi connectivity index (χ1n) is 7.00. The predicted octanol–water partition coefficient (Wildman–Crippen LogP) is 2.71. The molecule has 0 bridgehead atoms. The molecule has 2 saturated carbocycles. The average molecular weight is 225 g/mol. The van der Waals surface area contributed by atoms with Crippen LogP contribution in [0.15, 0.2) is 0 Å². The predicted molar refractivity (Wildman–Crippen MR) is 67.4 cm³/mol. The number of rotatable bonds is 3. The van der Waals surface area contributed by atoms with Crippen LogP contribution in [0.3, 0.4) is 0 Å². The molecule has 0 aromatic heterocycles. The molecule has 0 spiro atoms. The molecule has 2 aliphatic rings. The molecule has 2 heteroatoms. The molecule has 0 aromatic rings. The maximum atomic E-state index is 9.36. The lowest BCUT2D eigenvalue weighted by Gasteiger charge is -2.41. The van der Waals surface area contributed by atoms with E-state index >= 15 is 0 Å². The van der Waals surface area contributed by atoms with Crippen LogP contribution < -0.4 is 5.32 Å². The van der Waals surface area contributed by atoms with E-state index in [1.807, 2.05) is 0 Å². The highest BCUT2D eigenvalue weighted by Gasteiger charge is 2.36. The molecule has 3 unspecified atom stereocenters. The van der Waals surface area contributed by atoms with Gasteiger partial charge in [-0.15, -0.1) is 0 Å². The van der Waals surface area contributed by atoms with Gasteiger partial charge in [-0.3, -0.25) is 0 Å². The molecule has 0 radical (unpaired) electrons. The number of nitrogens with one attached hydrogen (secondary N) is 1. The van der Waals surface area contributed by atoms with Gasteiger partial charge in [0.05, 0.1) is 0 Å². The van der Waals surface area contributed by atoms with E-state index in [9.17, 15) is 5.11 Å². The van der Waals surface area contributed by atoms with Crippen LogP contribution >= 0.6 is 0 Å². The molecule has 0 heterocycles. The molecule has 3 atom stereocenters. The summed E-state index contributed by atoms with van der Waals surface area (Å²) in [5.74, 6) is 0.512. The Hall–Kier alpha value is -0.0800. The van der Waals surface area contributed by atoms with Gasteiger partial charge in [0.1, 0.15) is 0 Å². The summed E-state index contributed by atoms with van der Waals surface area (Å²) in [6.45, 7) is 5.16. The summed E-state index contributed by atoms with van der Waals surface area (Å²) < 4.78 is 0. The quantitative estimate of drug-likeness (QED) is 0.774. The first-order chi connectivity index (χ1) is 7.63. The number of aliphatic hydroxyl groups excluding tert-OH is 1. The van der Waals surface area contributed by atoms with Crippen LogP contribution in [0.1, 0.15) is 58.8 Å². The molecule has 0 amide bonds. The second kappa shape index (κ2) is 5.05. The summed E-state index contributed by atoms with van der Waals surface area (Å²) in [4.78, 5) is 0. The van der Waals surface area contributed by atoms with Crippen molar-refractivity contribution in [3.63, 3.8) is 0 Å². The van der Waals surface area contributed by atoms with Crippen molar-refractivity contribution < 1.29 is 5.11 Å². The molecule has 2 nitrogen and oxygen atoms in total. The van der Waals surface area contributed by atoms with Crippen LogP contribution in [0.25, 0.3) is 0 Å². The fraction of sp³-hybridized carbons (Fsp3) is 1.00. The normalized spacial score (nSPS) is 38.8. The van der Waals surface area contributed by atoms with Crippen LogP contribution in [0.4, 0.5) is 0 Å². The smallest absolute Gasteiger partial charge is 0.0474 e. The van der Waals surface area contributed by atoms with Gasteiger partial charge in [-0.1, -0.05) is 33.1 Å². The van der Waals surface area contributed by atoms with Crippen molar-refractivity contribution in [2.24, 2.45) is 11.3 Å². The highest BCUT2D eigenvalue weighted by molar-refractivity contribution is 4.93. The Morgan fingerprint density at radius 3 is 2.62 bits per heavy atom. The molecule has 2 fully saturated rings. The van der Waals surface area contributed by atoms with Crippen molar-refractivity contribution in [3.05, 3.63) is 0 Å². The maximum Gasteiger partial charge on any atom is 0.0474 e. The van der Waals surface area contributed by atoms with Gasteiger partial charge >= 0.3 is 0 Å². The molecular formula is C14H27NO. The molecule has 0 aromatic carbocycles. The van der Waals surface area contributed by atoms with Crippen LogP contribution in [-0.2, 0) is 0 Å². The third kappa shape index (κ3) is 2.60. The zero-order valence-corrected chi connectivity index (χ0v) is 10.8. The van der Waals surface area contributed by atoms with Crippen molar-refractivity contribution in [1.29, 1.82) is 0 Å². The Balaban J connectivity index is 1.92. The molecule has 2 N–H and O–H groups in total. The summed E-state index contributed by atoms with van der Waals surface area (Å²) in [5.41, 5.74) is 0.445. The maximum absolute atomic E-state index is 9.36. The van der Waals surface area contributed by atoms with E-state index in [4.69, 9.17) is 0 Å². The van der Waals surface area contributed by atoms with E-state index in [0.717, 1.165) is 0 Å². The summed E-state index contributed by atoms with van der Waals surface area (Å²) in [6, 6.07) is 1.24. The van der Waals surface area contributed by atoms with Crippen molar-refractivity contribution in [3.8, 4) is 0 Å². The molecule has 0 saturated heterocycles. The van der Waals surface area contributed by atoms with Gasteiger partial charge in [-0.25, -0.2) is 0 Å². The Bertz CT molecular complexity index is 227. The van der Waals surface area contributed by atoms with Crippen molar-refractivity contribution in [1.82, 2.24) is 5.32 Å². The number of aliphatic hydroxyl groups is 1. The standard InChI is InChI=1S/C14H27NO/c1-14(2)9-4-3-8-13(14)15-12-7-5-6-11(12)10-16/h11-13,15-16H,3-10H2,1-2H3. The Morgan fingerprint density at radius 1 is 1.12 bits per heavy atom. The largest absolute Gasteiger partial charge is 0.396 e. The summed E-state index contributed by atoms with van der Waals surface area (Å²) in [6.07, 6.45) is 9.19.